The number of carbonyl (C=O) groups excluding carboxylic acids is 3. The van der Waals surface area contributed by atoms with Gasteiger partial charge in [0.2, 0.25) is 17.7 Å². The van der Waals surface area contributed by atoms with Gasteiger partial charge in [0, 0.05) is 34.7 Å². The molecule has 3 aromatic rings. The lowest BCUT2D eigenvalue weighted by atomic mass is 9.99. The third-order valence-corrected chi connectivity index (χ3v) is 7.81. The number of amides is 3. The second kappa shape index (κ2) is 12.9. The molecule has 1 unspecified atom stereocenters. The van der Waals surface area contributed by atoms with Crippen molar-refractivity contribution in [2.45, 2.75) is 91.3 Å². The second-order valence-corrected chi connectivity index (χ2v) is 10.8. The van der Waals surface area contributed by atoms with Crippen LogP contribution >= 0.6 is 11.6 Å². The van der Waals surface area contributed by atoms with Crippen LogP contribution in [0.3, 0.4) is 0 Å². The summed E-state index contributed by atoms with van der Waals surface area (Å²) in [6, 6.07) is 11.1. The first kappa shape index (κ1) is 30.2. The molecule has 2 aliphatic heterocycles. The largest absolute Gasteiger partial charge is 0.403 e. The molecule has 9 nitrogen and oxygen atoms in total. The quantitative estimate of drug-likeness (QED) is 0.325. The minimum atomic E-state index is -0.682. The number of benzene rings is 2. The van der Waals surface area contributed by atoms with Crippen molar-refractivity contribution in [1.82, 2.24) is 20.4 Å². The summed E-state index contributed by atoms with van der Waals surface area (Å²) < 4.78 is 5.85. The van der Waals surface area contributed by atoms with Crippen molar-refractivity contribution in [3.63, 3.8) is 0 Å². The van der Waals surface area contributed by atoms with Crippen molar-refractivity contribution in [2.24, 2.45) is 0 Å². The van der Waals surface area contributed by atoms with E-state index in [9.17, 15) is 14.4 Å². The minimum Gasteiger partial charge on any atom is -0.403 e. The number of hydrogen-bond donors (Lipinski definition) is 2. The predicted molar refractivity (Wildman–Crippen MR) is 158 cm³/mol. The van der Waals surface area contributed by atoms with Crippen LogP contribution in [0.4, 0.5) is 6.01 Å². The molecule has 1 aromatic heterocycles. The molecule has 218 valence electrons. The molecule has 41 heavy (non-hydrogen) atoms. The van der Waals surface area contributed by atoms with E-state index in [0.717, 1.165) is 29.5 Å². The summed E-state index contributed by atoms with van der Waals surface area (Å²) in [6.45, 7) is 10.6. The van der Waals surface area contributed by atoms with E-state index in [4.69, 9.17) is 16.0 Å². The minimum absolute atomic E-state index is 0.206. The number of aromatic nitrogens is 2. The van der Waals surface area contributed by atoms with E-state index in [-0.39, 0.29) is 24.8 Å². The molecule has 6 rings (SSSR count). The van der Waals surface area contributed by atoms with Crippen molar-refractivity contribution in [3.05, 3.63) is 63.7 Å². The van der Waals surface area contributed by atoms with Crippen LogP contribution in [0.1, 0.15) is 93.3 Å². The zero-order valence-electron chi connectivity index (χ0n) is 24.3. The number of nitrogens with zero attached hydrogens (tertiary/aromatic N) is 3. The number of fused-ring (bicyclic) bond motifs is 1. The number of nitrogens with one attached hydrogen (secondary N) is 2. The van der Waals surface area contributed by atoms with Crippen LogP contribution in [-0.2, 0) is 21.7 Å². The van der Waals surface area contributed by atoms with Gasteiger partial charge in [0.1, 0.15) is 6.04 Å². The van der Waals surface area contributed by atoms with Gasteiger partial charge in [-0.25, -0.2) is 0 Å². The Kier molecular flexibility index (Phi) is 9.48. The smallest absolute Gasteiger partial charge is 0.316 e. The van der Waals surface area contributed by atoms with Gasteiger partial charge in [-0.1, -0.05) is 74.9 Å². The maximum absolute atomic E-state index is 13.3. The third kappa shape index (κ3) is 6.45. The average molecular weight is 580 g/mol. The molecule has 1 saturated heterocycles. The summed E-state index contributed by atoms with van der Waals surface area (Å²) in [6.07, 6.45) is 4.78. The molecule has 0 bridgehead atoms. The first-order valence-corrected chi connectivity index (χ1v) is 14.8. The van der Waals surface area contributed by atoms with Gasteiger partial charge in [-0.15, -0.1) is 5.10 Å². The number of halogens is 1. The molecule has 3 amide bonds. The molecule has 3 aliphatic rings. The third-order valence-electron chi connectivity index (χ3n) is 7.47. The molecule has 0 spiro atoms. The van der Waals surface area contributed by atoms with E-state index in [1.807, 2.05) is 57.2 Å². The lowest BCUT2D eigenvalue weighted by Gasteiger charge is -2.29. The first-order chi connectivity index (χ1) is 19.7. The van der Waals surface area contributed by atoms with Crippen molar-refractivity contribution < 1.29 is 18.8 Å². The van der Waals surface area contributed by atoms with Crippen molar-refractivity contribution >= 4 is 35.3 Å². The second-order valence-electron chi connectivity index (χ2n) is 10.4. The summed E-state index contributed by atoms with van der Waals surface area (Å²) in [5, 5.41) is 14.4. The summed E-state index contributed by atoms with van der Waals surface area (Å²) in [4.78, 5) is 38.6. The van der Waals surface area contributed by atoms with Gasteiger partial charge in [-0.05, 0) is 56.0 Å². The Hall–Kier alpha value is -3.72. The predicted octanol–water partition coefficient (Wildman–Crippen LogP) is 6.39. The van der Waals surface area contributed by atoms with Gasteiger partial charge in [-0.3, -0.25) is 19.7 Å². The zero-order valence-corrected chi connectivity index (χ0v) is 25.1. The van der Waals surface area contributed by atoms with Crippen molar-refractivity contribution in [1.29, 1.82) is 0 Å². The van der Waals surface area contributed by atoms with Gasteiger partial charge >= 0.3 is 6.01 Å². The number of anilines is 1. The fourth-order valence-corrected chi connectivity index (χ4v) is 5.07. The highest BCUT2D eigenvalue weighted by atomic mass is 35.5. The molecule has 1 saturated carbocycles. The van der Waals surface area contributed by atoms with Crippen molar-refractivity contribution in [3.8, 4) is 11.5 Å². The average Bonchev–Trinajstić information content (AvgIpc) is 3.48. The number of carbonyl (C=O) groups is 3. The molecule has 2 fully saturated rings. The lowest BCUT2D eigenvalue weighted by Crippen LogP contribution is -2.52. The molecule has 1 atom stereocenters. The van der Waals surface area contributed by atoms with Crippen molar-refractivity contribution in [2.75, 3.05) is 5.32 Å². The fraction of sp³-hybridized carbons (Fsp3) is 0.452. The lowest BCUT2D eigenvalue weighted by molar-refractivity contribution is -0.136. The van der Waals surface area contributed by atoms with E-state index in [2.05, 4.69) is 34.7 Å². The summed E-state index contributed by atoms with van der Waals surface area (Å²) in [5.74, 6) is -0.595. The van der Waals surface area contributed by atoms with Crippen LogP contribution in [0, 0.1) is 6.92 Å². The summed E-state index contributed by atoms with van der Waals surface area (Å²) in [7, 11) is 0. The number of hydrogen-bond acceptors (Lipinski definition) is 7. The Morgan fingerprint density at radius 3 is 2.37 bits per heavy atom. The molecule has 10 heteroatoms. The van der Waals surface area contributed by atoms with Gasteiger partial charge in [0.15, 0.2) is 0 Å². The maximum atomic E-state index is 13.3. The number of rotatable bonds is 6. The maximum Gasteiger partial charge on any atom is 0.316 e. The van der Waals surface area contributed by atoms with Gasteiger partial charge in [0.05, 0.1) is 5.54 Å². The number of aryl methyl sites for hydroxylation is 1. The van der Waals surface area contributed by atoms with Crippen LogP contribution in [0.5, 0.6) is 0 Å². The highest BCUT2D eigenvalue weighted by molar-refractivity contribution is 6.32. The Morgan fingerprint density at radius 1 is 1.07 bits per heavy atom. The molecular formula is C31H38ClN5O4. The SMILES string of the molecule is CC.CCCC.Cc1ccc(-c2nnc(NC3(c4cc(Cl)c5c(c4)C(=O)N(C4CCC(=O)NC4=O)C5)CC3)o2)cc1. The van der Waals surface area contributed by atoms with E-state index < -0.39 is 17.5 Å². The van der Waals surface area contributed by atoms with E-state index in [0.29, 0.717) is 34.5 Å². The standard InChI is InChI=1S/C25H22ClN5O4.C4H10.C2H6/c1-13-2-4-14(5-3-13)22-29-30-24(35-22)28-25(8-9-25)15-10-16-17(18(26)11-15)12-31(23(16)34)19-6-7-20(32)27-21(19)33;1-3-4-2;1-2/h2-5,10-11,19H,6-9,12H2,1H3,(H,28,30)(H,27,32,33);3-4H2,1-2H3;1-2H3. The molecule has 2 aromatic carbocycles. The Balaban J connectivity index is 0.000000596. The van der Waals surface area contributed by atoms with Crippen LogP contribution in [0.2, 0.25) is 5.02 Å². The Morgan fingerprint density at radius 2 is 1.76 bits per heavy atom. The molecule has 0 radical (unpaired) electrons. The highest BCUT2D eigenvalue weighted by Gasteiger charge is 2.48. The van der Waals surface area contributed by atoms with Crippen LogP contribution < -0.4 is 10.6 Å². The zero-order chi connectivity index (χ0) is 29.7. The first-order valence-electron chi connectivity index (χ1n) is 14.4. The monoisotopic (exact) mass is 579 g/mol. The van der Waals surface area contributed by atoms with Crippen LogP contribution in [-0.4, -0.2) is 38.9 Å². The Labute approximate surface area is 246 Å². The van der Waals surface area contributed by atoms with Gasteiger partial charge < -0.3 is 14.6 Å². The van der Waals surface area contributed by atoms with Gasteiger partial charge in [-0.2, -0.15) is 0 Å². The summed E-state index contributed by atoms with van der Waals surface area (Å²) >= 11 is 6.62. The fourth-order valence-electron chi connectivity index (χ4n) is 4.79. The van der Waals surface area contributed by atoms with E-state index in [1.165, 1.54) is 17.7 Å². The molecular weight excluding hydrogens is 542 g/mol. The van der Waals surface area contributed by atoms with Crippen LogP contribution in [0.15, 0.2) is 40.8 Å². The van der Waals surface area contributed by atoms with Gasteiger partial charge in [0.25, 0.3) is 5.91 Å². The highest BCUT2D eigenvalue weighted by Crippen LogP contribution is 2.50. The molecule has 2 N–H and O–H groups in total. The Bertz CT molecular complexity index is 1410. The number of unbranched alkanes of at least 4 members (excludes halogenated alkanes) is 1. The number of imide groups is 1. The molecule has 3 heterocycles. The van der Waals surface area contributed by atoms with Crippen LogP contribution in [0.25, 0.3) is 11.5 Å². The number of piperidine rings is 1. The summed E-state index contributed by atoms with van der Waals surface area (Å²) in [5.41, 5.74) is 3.55. The van der Waals surface area contributed by atoms with E-state index in [1.54, 1.807) is 0 Å². The van der Waals surface area contributed by atoms with E-state index >= 15 is 0 Å². The molecule has 1 aliphatic carbocycles. The normalized spacial score (nSPS) is 18.4. The topological polar surface area (TPSA) is 117 Å².